The molecule has 172 valence electrons. The number of aromatic nitrogens is 1. The number of benzene rings is 1. The Bertz CT molecular complexity index is 969. The van der Waals surface area contributed by atoms with E-state index in [2.05, 4.69) is 31.6 Å². The molecule has 32 heavy (non-hydrogen) atoms. The van der Waals surface area contributed by atoms with Crippen LogP contribution < -0.4 is 4.83 Å². The van der Waals surface area contributed by atoms with Crippen LogP contribution in [0.15, 0.2) is 52.1 Å². The number of hydrogen-bond acceptors (Lipinski definition) is 9. The number of amidine groups is 1. The molecule has 0 bridgehead atoms. The van der Waals surface area contributed by atoms with Gasteiger partial charge in [-0.15, -0.1) is 11.3 Å². The molecule has 1 unspecified atom stereocenters. The van der Waals surface area contributed by atoms with Crippen LogP contribution in [0.2, 0.25) is 5.02 Å². The Balaban J connectivity index is 0.000000305. The molecule has 0 aliphatic carbocycles. The number of hydrazine groups is 1. The summed E-state index contributed by atoms with van der Waals surface area (Å²) >= 11 is 8.54. The van der Waals surface area contributed by atoms with E-state index in [-0.39, 0.29) is 17.8 Å². The molecular formula is C21H25ClFN5O2S2. The van der Waals surface area contributed by atoms with Crippen LogP contribution in [0.25, 0.3) is 0 Å². The van der Waals surface area contributed by atoms with Gasteiger partial charge in [0.05, 0.1) is 19.2 Å². The average Bonchev–Trinajstić information content (AvgIpc) is 3.47. The van der Waals surface area contributed by atoms with Crippen molar-refractivity contribution in [2.75, 3.05) is 33.0 Å². The van der Waals surface area contributed by atoms with Gasteiger partial charge in [-0.2, -0.15) is 4.83 Å². The number of carbonyl (C=O) groups is 1. The summed E-state index contributed by atoms with van der Waals surface area (Å²) in [4.78, 5) is 26.6. The molecule has 7 nitrogen and oxygen atoms in total. The van der Waals surface area contributed by atoms with Crippen molar-refractivity contribution in [3.05, 3.63) is 63.0 Å². The smallest absolute Gasteiger partial charge is 0.337 e. The van der Waals surface area contributed by atoms with E-state index < -0.39 is 0 Å². The fraction of sp³-hybridized carbons (Fsp3) is 0.381. The van der Waals surface area contributed by atoms with E-state index in [9.17, 15) is 9.18 Å². The number of likely N-dealkylation sites (N-methyl/N-ethyl adjacent to an activating group) is 1. The van der Waals surface area contributed by atoms with Gasteiger partial charge in [0.2, 0.25) is 0 Å². The number of thiazole rings is 1. The zero-order valence-electron chi connectivity index (χ0n) is 18.0. The number of ether oxygens (including phenoxy) is 1. The lowest BCUT2D eigenvalue weighted by Crippen LogP contribution is -2.44. The number of esters is 1. The lowest BCUT2D eigenvalue weighted by Gasteiger charge is -2.28. The van der Waals surface area contributed by atoms with Gasteiger partial charge in [0, 0.05) is 47.8 Å². The van der Waals surface area contributed by atoms with Gasteiger partial charge in [-0.3, -0.25) is 4.99 Å². The minimum atomic E-state index is -0.294. The highest BCUT2D eigenvalue weighted by molar-refractivity contribution is 7.96. The second-order valence-corrected chi connectivity index (χ2v) is 8.81. The van der Waals surface area contributed by atoms with Crippen LogP contribution in [0.5, 0.6) is 0 Å². The van der Waals surface area contributed by atoms with Crippen LogP contribution in [0.3, 0.4) is 0 Å². The van der Waals surface area contributed by atoms with E-state index in [1.54, 1.807) is 41.6 Å². The lowest BCUT2D eigenvalue weighted by atomic mass is 10.1. The molecule has 3 heterocycles. The van der Waals surface area contributed by atoms with Crippen molar-refractivity contribution >= 4 is 46.7 Å². The number of nitrogens with zero attached hydrogens (tertiary/aromatic N) is 4. The van der Waals surface area contributed by atoms with E-state index in [0.717, 1.165) is 36.1 Å². The summed E-state index contributed by atoms with van der Waals surface area (Å²) < 4.78 is 17.0. The highest BCUT2D eigenvalue weighted by Crippen LogP contribution is 2.33. The van der Waals surface area contributed by atoms with Crippen molar-refractivity contribution in [2.45, 2.75) is 19.4 Å². The molecule has 1 saturated heterocycles. The fourth-order valence-electron chi connectivity index (χ4n) is 3.56. The molecule has 11 heteroatoms. The highest BCUT2D eigenvalue weighted by atomic mass is 35.5. The lowest BCUT2D eigenvalue weighted by molar-refractivity contribution is -0.136. The van der Waals surface area contributed by atoms with Crippen LogP contribution >= 0.6 is 34.9 Å². The minimum absolute atomic E-state index is 0.264. The van der Waals surface area contributed by atoms with E-state index in [4.69, 9.17) is 16.3 Å². The number of aliphatic imine (C=N–C) groups is 1. The largest absolute Gasteiger partial charge is 0.466 e. The molecule has 0 spiro atoms. The summed E-state index contributed by atoms with van der Waals surface area (Å²) in [6.45, 7) is 4.12. The first-order valence-corrected chi connectivity index (χ1v) is 12.4. The van der Waals surface area contributed by atoms with Gasteiger partial charge >= 0.3 is 5.97 Å². The van der Waals surface area contributed by atoms with Gasteiger partial charge in [-0.05, 0) is 24.5 Å². The van der Waals surface area contributed by atoms with Crippen molar-refractivity contribution in [2.24, 2.45) is 4.99 Å². The Labute approximate surface area is 200 Å². The normalized spacial score (nSPS) is 17.6. The third-order valence-corrected chi connectivity index (χ3v) is 6.39. The van der Waals surface area contributed by atoms with E-state index >= 15 is 0 Å². The zero-order chi connectivity index (χ0) is 23.1. The Morgan fingerprint density at radius 2 is 2.31 bits per heavy atom. The van der Waals surface area contributed by atoms with E-state index in [1.807, 2.05) is 11.6 Å². The van der Waals surface area contributed by atoms with Crippen LogP contribution in [0.1, 0.15) is 18.4 Å². The Kier molecular flexibility index (Phi) is 9.06. The topological polar surface area (TPSA) is 70.1 Å². The Hall–Kier alpha value is -1.98. The number of nitrogens with one attached hydrogen (secondary N) is 1. The monoisotopic (exact) mass is 497 g/mol. The summed E-state index contributed by atoms with van der Waals surface area (Å²) in [7, 11) is 1.42. The third-order valence-electron chi connectivity index (χ3n) is 4.97. The molecule has 1 atom stereocenters. The summed E-state index contributed by atoms with van der Waals surface area (Å²) in [6, 6.07) is 6.08. The molecule has 1 aromatic heterocycles. The number of fused-ring (bicyclic) bond motifs is 1. The second-order valence-electron chi connectivity index (χ2n) is 6.88. The molecule has 2 aliphatic rings. The van der Waals surface area contributed by atoms with Crippen molar-refractivity contribution in [3.8, 4) is 0 Å². The van der Waals surface area contributed by atoms with Gasteiger partial charge in [0.1, 0.15) is 5.82 Å². The molecule has 1 aromatic carbocycles. The maximum absolute atomic E-state index is 12.2. The number of methoxy groups -OCH3 is 1. The number of carbonyl (C=O) groups excluding carboxylic acids is 1. The van der Waals surface area contributed by atoms with Gasteiger partial charge in [0.15, 0.2) is 10.8 Å². The maximum atomic E-state index is 12.2. The van der Waals surface area contributed by atoms with Crippen molar-refractivity contribution < 1.29 is 13.9 Å². The summed E-state index contributed by atoms with van der Waals surface area (Å²) in [6.07, 6.45) is 4.58. The first-order valence-electron chi connectivity index (χ1n) is 9.97. The Morgan fingerprint density at radius 3 is 2.88 bits per heavy atom. The zero-order valence-corrected chi connectivity index (χ0v) is 20.4. The molecule has 0 amide bonds. The van der Waals surface area contributed by atoms with Crippen molar-refractivity contribution in [1.29, 1.82) is 0 Å². The molecular weight excluding hydrogens is 473 g/mol. The van der Waals surface area contributed by atoms with Crippen LogP contribution in [-0.4, -0.2) is 65.7 Å². The van der Waals surface area contributed by atoms with Gasteiger partial charge in [0.25, 0.3) is 0 Å². The van der Waals surface area contributed by atoms with Gasteiger partial charge in [-0.25, -0.2) is 19.2 Å². The van der Waals surface area contributed by atoms with Gasteiger partial charge in [-0.1, -0.05) is 36.5 Å². The minimum Gasteiger partial charge on any atom is -0.466 e. The van der Waals surface area contributed by atoms with Crippen LogP contribution in [-0.2, 0) is 9.53 Å². The van der Waals surface area contributed by atoms with Gasteiger partial charge < -0.3 is 9.64 Å². The first kappa shape index (κ1) is 24.7. The predicted octanol–water partition coefficient (Wildman–Crippen LogP) is 3.99. The molecule has 0 saturated carbocycles. The predicted molar refractivity (Wildman–Crippen MR) is 128 cm³/mol. The SMILES string of the molecule is CCN(NSC)C1CC2=C(C(=O)OC)CN=C(c3nccs3)N2C1.Fc1cccc(Cl)c1. The van der Waals surface area contributed by atoms with Crippen LogP contribution in [0.4, 0.5) is 4.39 Å². The number of halogens is 2. The summed E-state index contributed by atoms with van der Waals surface area (Å²) in [5, 5.41) is 5.46. The highest BCUT2D eigenvalue weighted by Gasteiger charge is 2.39. The molecule has 0 radical (unpaired) electrons. The molecule has 1 N–H and O–H groups in total. The quantitative estimate of drug-likeness (QED) is 0.367. The average molecular weight is 498 g/mol. The number of rotatable bonds is 6. The van der Waals surface area contributed by atoms with Crippen molar-refractivity contribution in [3.63, 3.8) is 0 Å². The standard InChI is InChI=1S/C15H21N5O2S2.C6H4ClF/c1-4-20(18-23-3)10-7-12-11(15(21)22-2)8-17-13(19(12)9-10)14-16-5-6-24-14;7-5-2-1-3-6(8)4-5/h5-6,10,18H,4,7-9H2,1-3H3;1-4H. The van der Waals surface area contributed by atoms with E-state index in [1.165, 1.54) is 19.2 Å². The second kappa shape index (κ2) is 11.8. The van der Waals surface area contributed by atoms with Crippen LogP contribution in [0, 0.1) is 5.82 Å². The summed E-state index contributed by atoms with van der Waals surface area (Å²) in [5.41, 5.74) is 1.66. The molecule has 2 aromatic rings. The first-order chi connectivity index (χ1) is 15.5. The maximum Gasteiger partial charge on any atom is 0.337 e. The van der Waals surface area contributed by atoms with E-state index in [0.29, 0.717) is 17.1 Å². The molecule has 4 rings (SSSR count). The molecule has 1 fully saturated rings. The molecule has 2 aliphatic heterocycles. The fourth-order valence-corrected chi connectivity index (χ4v) is 4.90. The van der Waals surface area contributed by atoms with Crippen molar-refractivity contribution in [1.82, 2.24) is 19.7 Å². The number of hydrogen-bond donors (Lipinski definition) is 1. The third kappa shape index (κ3) is 5.87. The Morgan fingerprint density at radius 1 is 1.50 bits per heavy atom. The summed E-state index contributed by atoms with van der Waals surface area (Å²) in [5.74, 6) is 0.270.